The molecular formula is C34H42ClFN4O4S. The summed E-state index contributed by atoms with van der Waals surface area (Å²) in [6.07, 6.45) is 0.860. The lowest BCUT2D eigenvalue weighted by Gasteiger charge is -2.46. The van der Waals surface area contributed by atoms with E-state index in [1.54, 1.807) is 48.5 Å². The van der Waals surface area contributed by atoms with Crippen LogP contribution in [-0.2, 0) is 31.2 Å². The zero-order valence-electron chi connectivity index (χ0n) is 25.9. The molecule has 2 aliphatic heterocycles. The lowest BCUT2D eigenvalue weighted by atomic mass is 9.66. The second-order valence-electron chi connectivity index (χ2n) is 12.5. The van der Waals surface area contributed by atoms with E-state index in [0.717, 1.165) is 5.56 Å². The lowest BCUT2D eigenvalue weighted by molar-refractivity contribution is -0.122. The highest BCUT2D eigenvalue weighted by molar-refractivity contribution is 7.92. The van der Waals surface area contributed by atoms with Crippen molar-refractivity contribution in [2.24, 2.45) is 5.73 Å². The number of anilines is 1. The minimum Gasteiger partial charge on any atom is -0.375 e. The van der Waals surface area contributed by atoms with E-state index in [0.29, 0.717) is 24.4 Å². The number of carbonyl (C=O) groups excluding carboxylic acids is 1. The van der Waals surface area contributed by atoms with Crippen LogP contribution in [0.4, 0.5) is 10.1 Å². The highest BCUT2D eigenvalue weighted by Gasteiger charge is 2.49. The normalized spacial score (nSPS) is 27.9. The molecule has 2 saturated heterocycles. The van der Waals surface area contributed by atoms with Crippen LogP contribution in [0.5, 0.6) is 0 Å². The van der Waals surface area contributed by atoms with E-state index in [2.05, 4.69) is 16.0 Å². The van der Waals surface area contributed by atoms with E-state index in [1.807, 2.05) is 32.9 Å². The summed E-state index contributed by atoms with van der Waals surface area (Å²) in [6.45, 7) is 6.58. The van der Waals surface area contributed by atoms with Crippen LogP contribution in [-0.4, -0.2) is 56.6 Å². The Hall–Kier alpha value is -2.86. The van der Waals surface area contributed by atoms with Gasteiger partial charge in [0.15, 0.2) is 9.84 Å². The molecule has 0 bridgehead atoms. The molecule has 3 aromatic rings. The van der Waals surface area contributed by atoms with Crippen molar-refractivity contribution >= 4 is 33.0 Å². The molecule has 2 aliphatic rings. The van der Waals surface area contributed by atoms with Crippen LogP contribution in [0.1, 0.15) is 51.2 Å². The molecule has 0 unspecified atom stereocenters. The second-order valence-corrected chi connectivity index (χ2v) is 15.2. The van der Waals surface area contributed by atoms with Crippen LogP contribution in [0.2, 0.25) is 5.02 Å². The Labute approximate surface area is 270 Å². The predicted molar refractivity (Wildman–Crippen MR) is 176 cm³/mol. The molecule has 0 aromatic heterocycles. The van der Waals surface area contributed by atoms with Crippen LogP contribution >= 0.6 is 11.6 Å². The average Bonchev–Trinajstić information content (AvgIpc) is 3.00. The molecule has 8 nitrogen and oxygen atoms in total. The van der Waals surface area contributed by atoms with Gasteiger partial charge in [-0.05, 0) is 88.4 Å². The number of hydrogen-bond donors (Lipinski definition) is 4. The number of nitrogens with one attached hydrogen (secondary N) is 3. The third-order valence-electron chi connectivity index (χ3n) is 9.16. The van der Waals surface area contributed by atoms with E-state index in [4.69, 9.17) is 22.1 Å². The lowest BCUT2D eigenvalue weighted by Crippen LogP contribution is -2.66. The fourth-order valence-corrected chi connectivity index (χ4v) is 9.22. The summed E-state index contributed by atoms with van der Waals surface area (Å²) in [7, 11) is -3.88. The van der Waals surface area contributed by atoms with Crippen molar-refractivity contribution in [1.29, 1.82) is 0 Å². The molecule has 6 atom stereocenters. The molecule has 1 amide bonds. The minimum atomic E-state index is -3.88. The van der Waals surface area contributed by atoms with E-state index in [9.17, 15) is 13.2 Å². The molecule has 0 spiro atoms. The van der Waals surface area contributed by atoms with Gasteiger partial charge < -0.3 is 21.1 Å². The molecule has 0 aliphatic carbocycles. The molecular weight excluding hydrogens is 615 g/mol. The van der Waals surface area contributed by atoms with Gasteiger partial charge in [-0.25, -0.2) is 12.8 Å². The van der Waals surface area contributed by atoms with Crippen LogP contribution in [0, 0.1) is 5.82 Å². The Kier molecular flexibility index (Phi) is 10.0. The fraction of sp³-hybridized carbons (Fsp3) is 0.441. The summed E-state index contributed by atoms with van der Waals surface area (Å²) >= 11 is 6.18. The van der Waals surface area contributed by atoms with Gasteiger partial charge in [0.2, 0.25) is 5.91 Å². The molecule has 5 N–H and O–H groups in total. The van der Waals surface area contributed by atoms with Crippen molar-refractivity contribution in [3.8, 4) is 0 Å². The second kappa shape index (κ2) is 13.5. The van der Waals surface area contributed by atoms with Crippen LogP contribution < -0.4 is 21.7 Å². The maximum Gasteiger partial charge on any atom is 0.242 e. The Morgan fingerprint density at radius 3 is 2.36 bits per heavy atom. The Morgan fingerprint density at radius 1 is 1.04 bits per heavy atom. The maximum absolute atomic E-state index is 15.5. The Bertz CT molecular complexity index is 1600. The standard InChI is InChI=1S/C34H42ClFN4O4S/c1-22-20-38-21-34(40-22,45(42,43)27-8-5-4-6-9-27)17-16-28-29(36)10-7-11-30(28)39-32(41)31(37)33(18-23(2)44-24(3)19-33)25-12-14-26(35)15-13-25/h4-15,22-24,31,38,40H,16-21,37H2,1-3H3,(H,39,41)/t22-,23-,24+,31+,33+,34-/m0/s1. The molecule has 2 fully saturated rings. The first-order valence-electron chi connectivity index (χ1n) is 15.4. The Balaban J connectivity index is 1.44. The number of sulfone groups is 1. The maximum atomic E-state index is 15.5. The summed E-state index contributed by atoms with van der Waals surface area (Å²) in [5, 5.41) is 10.0. The quantitative estimate of drug-likeness (QED) is 0.257. The predicted octanol–water partition coefficient (Wildman–Crippen LogP) is 4.95. The SMILES string of the molecule is C[C@@H]1C[C@](c2ccc(Cl)cc2)([C@H](N)C(=O)Nc2cccc(F)c2CC[C@]2(S(=O)(=O)c3ccccc3)CNC[C@H](C)N2)C[C@H](C)O1. The van der Waals surface area contributed by atoms with Crippen molar-refractivity contribution < 1.29 is 22.3 Å². The van der Waals surface area contributed by atoms with Crippen molar-refractivity contribution in [1.82, 2.24) is 10.6 Å². The van der Waals surface area contributed by atoms with Crippen molar-refractivity contribution in [2.45, 2.75) is 85.9 Å². The molecule has 45 heavy (non-hydrogen) atoms. The summed E-state index contributed by atoms with van der Waals surface area (Å²) in [6, 6.07) is 19.0. The highest BCUT2D eigenvalue weighted by atomic mass is 35.5. The van der Waals surface area contributed by atoms with Crippen LogP contribution in [0.15, 0.2) is 77.7 Å². The smallest absolute Gasteiger partial charge is 0.242 e. The van der Waals surface area contributed by atoms with Crippen molar-refractivity contribution in [2.75, 3.05) is 18.4 Å². The van der Waals surface area contributed by atoms with Crippen LogP contribution in [0.3, 0.4) is 0 Å². The number of rotatable bonds is 9. The fourth-order valence-electron chi connectivity index (χ4n) is 7.11. The third kappa shape index (κ3) is 6.82. The van der Waals surface area contributed by atoms with Gasteiger partial charge in [-0.1, -0.05) is 48.0 Å². The van der Waals surface area contributed by atoms with Gasteiger partial charge in [-0.3, -0.25) is 10.1 Å². The summed E-state index contributed by atoms with van der Waals surface area (Å²) in [5.74, 6) is -0.998. The first-order valence-corrected chi connectivity index (χ1v) is 17.3. The third-order valence-corrected chi connectivity index (χ3v) is 11.8. The molecule has 3 aromatic carbocycles. The van der Waals surface area contributed by atoms with Crippen molar-refractivity contribution in [3.63, 3.8) is 0 Å². The molecule has 11 heteroatoms. The topological polar surface area (TPSA) is 123 Å². The highest BCUT2D eigenvalue weighted by Crippen LogP contribution is 2.43. The first-order chi connectivity index (χ1) is 21.4. The Morgan fingerprint density at radius 2 is 1.71 bits per heavy atom. The van der Waals surface area contributed by atoms with Crippen molar-refractivity contribution in [3.05, 3.63) is 94.8 Å². The summed E-state index contributed by atoms with van der Waals surface area (Å²) in [4.78, 5) is 12.7. The van der Waals surface area contributed by atoms with Gasteiger partial charge in [0, 0.05) is 40.8 Å². The number of halogens is 2. The molecule has 2 heterocycles. The molecule has 5 rings (SSSR count). The summed E-state index contributed by atoms with van der Waals surface area (Å²) < 4.78 is 49.6. The number of piperazine rings is 1. The van der Waals surface area contributed by atoms with Gasteiger partial charge in [-0.15, -0.1) is 0 Å². The van der Waals surface area contributed by atoms with E-state index < -0.39 is 37.9 Å². The van der Waals surface area contributed by atoms with E-state index in [1.165, 1.54) is 12.1 Å². The van der Waals surface area contributed by atoms with Gasteiger partial charge >= 0.3 is 0 Å². The minimum absolute atomic E-state index is 0.0508. The average molecular weight is 657 g/mol. The first kappa shape index (κ1) is 33.5. The van der Waals surface area contributed by atoms with Gasteiger partial charge in [0.1, 0.15) is 10.7 Å². The monoisotopic (exact) mass is 656 g/mol. The number of amides is 1. The zero-order chi connectivity index (χ0) is 32.4. The number of carbonyl (C=O) groups is 1. The zero-order valence-corrected chi connectivity index (χ0v) is 27.4. The van der Waals surface area contributed by atoms with Crippen LogP contribution in [0.25, 0.3) is 0 Å². The van der Waals surface area contributed by atoms with E-state index >= 15 is 4.39 Å². The number of hydrogen-bond acceptors (Lipinski definition) is 7. The summed E-state index contributed by atoms with van der Waals surface area (Å²) in [5.41, 5.74) is 7.43. The van der Waals surface area contributed by atoms with Gasteiger partial charge in [0.25, 0.3) is 0 Å². The molecule has 0 saturated carbocycles. The number of benzene rings is 3. The number of ether oxygens (including phenoxy) is 1. The number of nitrogens with two attached hydrogens (primary N) is 1. The van der Waals surface area contributed by atoms with Gasteiger partial charge in [0.05, 0.1) is 23.1 Å². The van der Waals surface area contributed by atoms with Gasteiger partial charge in [-0.2, -0.15) is 0 Å². The molecule has 242 valence electrons. The van der Waals surface area contributed by atoms with E-state index in [-0.39, 0.29) is 53.8 Å². The molecule has 0 radical (unpaired) electrons. The largest absolute Gasteiger partial charge is 0.375 e.